The van der Waals surface area contributed by atoms with Crippen LogP contribution >= 0.6 is 30.5 Å². The number of anilines is 2. The number of ether oxygens (including phenoxy) is 1. The molecule has 0 unspecified atom stereocenters. The van der Waals surface area contributed by atoms with Crippen molar-refractivity contribution in [3.05, 3.63) is 86.7 Å². The van der Waals surface area contributed by atoms with Gasteiger partial charge in [-0.1, -0.05) is 11.6 Å². The quantitative estimate of drug-likeness (QED) is 0.176. The Labute approximate surface area is 255 Å². The Kier molecular flexibility index (Phi) is 9.90. The van der Waals surface area contributed by atoms with E-state index in [9.17, 15) is 26.6 Å². The van der Waals surface area contributed by atoms with Gasteiger partial charge in [0.2, 0.25) is 10.0 Å². The zero-order valence-electron chi connectivity index (χ0n) is 23.1. The third-order valence-corrected chi connectivity index (χ3v) is 9.53. The fourth-order valence-electron chi connectivity index (χ4n) is 4.01. The molecular formula is C27H25ClF2N3O7PS2. The standard InChI is InChI=1S/C27H25ClF2N3O7PS2/c1-15-23(12-25(42-15)27(34)32-20-7-17(28)8-21(11-20)33-43(4,36)37)26-24(10-19(30)13-31-26)40-14-16-5-18(29)9-22(6-16)41(35,38-2)39-3/h5-13,33H,14H2,1-4H3,(H,32,34). The molecule has 0 spiro atoms. The van der Waals surface area contributed by atoms with Crippen molar-refractivity contribution >= 4 is 63.1 Å². The van der Waals surface area contributed by atoms with Crippen molar-refractivity contribution in [1.82, 2.24) is 4.98 Å². The second kappa shape index (κ2) is 13.1. The molecule has 16 heteroatoms. The fourth-order valence-corrected chi connectivity index (χ4v) is 6.88. The minimum absolute atomic E-state index is 0.0167. The third-order valence-electron chi connectivity index (χ3n) is 5.81. The number of hydrogen-bond acceptors (Lipinski definition) is 9. The molecule has 228 valence electrons. The van der Waals surface area contributed by atoms with Gasteiger partial charge in [0.05, 0.1) is 28.3 Å². The summed E-state index contributed by atoms with van der Waals surface area (Å²) in [5.41, 5.74) is 1.41. The van der Waals surface area contributed by atoms with Crippen LogP contribution in [0.2, 0.25) is 5.02 Å². The number of carbonyl (C=O) groups excluding carboxylic acids is 1. The summed E-state index contributed by atoms with van der Waals surface area (Å²) in [6, 6.07) is 10.5. The Morgan fingerprint density at radius 3 is 2.40 bits per heavy atom. The van der Waals surface area contributed by atoms with E-state index >= 15 is 0 Å². The summed E-state index contributed by atoms with van der Waals surface area (Å²) in [5, 5.41) is 2.86. The van der Waals surface area contributed by atoms with Crippen LogP contribution in [-0.4, -0.2) is 39.8 Å². The molecule has 0 aliphatic heterocycles. The van der Waals surface area contributed by atoms with Crippen molar-refractivity contribution in [1.29, 1.82) is 0 Å². The van der Waals surface area contributed by atoms with Gasteiger partial charge in [-0.25, -0.2) is 22.2 Å². The number of pyridine rings is 1. The predicted molar refractivity (Wildman–Crippen MR) is 162 cm³/mol. The number of benzene rings is 2. The predicted octanol–water partition coefficient (Wildman–Crippen LogP) is 6.36. The van der Waals surface area contributed by atoms with Gasteiger partial charge in [0, 0.05) is 41.4 Å². The molecule has 0 radical (unpaired) electrons. The smallest absolute Gasteiger partial charge is 0.360 e. The second-order valence-corrected chi connectivity index (χ2v) is 14.8. The lowest BCUT2D eigenvalue weighted by molar-refractivity contribution is 0.103. The number of carbonyl (C=O) groups is 1. The van der Waals surface area contributed by atoms with Crippen LogP contribution in [0.4, 0.5) is 20.2 Å². The number of rotatable bonds is 11. The highest BCUT2D eigenvalue weighted by molar-refractivity contribution is 7.92. The minimum Gasteiger partial charge on any atom is -0.487 e. The number of hydrogen-bond donors (Lipinski definition) is 2. The number of aryl methyl sites for hydroxylation is 1. The fraction of sp³-hybridized carbons (Fsp3) is 0.185. The zero-order chi connectivity index (χ0) is 31.5. The van der Waals surface area contributed by atoms with Crippen LogP contribution in [0.15, 0.2) is 54.7 Å². The molecule has 0 saturated heterocycles. The monoisotopic (exact) mass is 671 g/mol. The van der Waals surface area contributed by atoms with E-state index in [0.29, 0.717) is 10.4 Å². The van der Waals surface area contributed by atoms with E-state index in [1.54, 1.807) is 13.0 Å². The van der Waals surface area contributed by atoms with Crippen molar-refractivity contribution in [2.75, 3.05) is 30.5 Å². The van der Waals surface area contributed by atoms with Crippen molar-refractivity contribution in [2.24, 2.45) is 0 Å². The van der Waals surface area contributed by atoms with Gasteiger partial charge in [0.25, 0.3) is 5.91 Å². The maximum atomic E-state index is 14.3. The van der Waals surface area contributed by atoms with E-state index in [-0.39, 0.29) is 50.2 Å². The van der Waals surface area contributed by atoms with Gasteiger partial charge in [-0.05, 0) is 55.0 Å². The maximum absolute atomic E-state index is 14.3. The number of nitrogens with one attached hydrogen (secondary N) is 2. The average molecular weight is 672 g/mol. The van der Waals surface area contributed by atoms with Crippen LogP contribution in [0.1, 0.15) is 20.1 Å². The van der Waals surface area contributed by atoms with Gasteiger partial charge in [-0.15, -0.1) is 11.3 Å². The number of aromatic nitrogens is 1. The molecule has 10 nitrogen and oxygen atoms in total. The highest BCUT2D eigenvalue weighted by Crippen LogP contribution is 2.45. The molecular weight excluding hydrogens is 647 g/mol. The normalized spacial score (nSPS) is 11.8. The van der Waals surface area contributed by atoms with E-state index in [4.69, 9.17) is 25.4 Å². The van der Waals surface area contributed by atoms with Gasteiger partial charge in [-0.2, -0.15) is 0 Å². The number of halogens is 3. The zero-order valence-corrected chi connectivity index (χ0v) is 26.4. The minimum atomic E-state index is -3.74. The van der Waals surface area contributed by atoms with Crippen LogP contribution < -0.4 is 20.1 Å². The average Bonchev–Trinajstić information content (AvgIpc) is 3.31. The van der Waals surface area contributed by atoms with E-state index in [1.165, 1.54) is 38.5 Å². The SMILES string of the molecule is COP(=O)(OC)c1cc(F)cc(COc2cc(F)cnc2-c2cc(C(=O)Nc3cc(Cl)cc(NS(C)(=O)=O)c3)sc2C)c1. The summed E-state index contributed by atoms with van der Waals surface area (Å²) >= 11 is 7.23. The van der Waals surface area contributed by atoms with Crippen molar-refractivity contribution in [2.45, 2.75) is 13.5 Å². The van der Waals surface area contributed by atoms with Gasteiger partial charge in [0.15, 0.2) is 0 Å². The first kappa shape index (κ1) is 32.5. The van der Waals surface area contributed by atoms with Crippen molar-refractivity contribution in [3.8, 4) is 17.0 Å². The van der Waals surface area contributed by atoms with E-state index in [2.05, 4.69) is 15.0 Å². The van der Waals surface area contributed by atoms with Gasteiger partial charge >= 0.3 is 7.60 Å². The van der Waals surface area contributed by atoms with Gasteiger partial charge in [-0.3, -0.25) is 14.1 Å². The number of sulfonamides is 1. The molecule has 4 aromatic rings. The van der Waals surface area contributed by atoms with Crippen molar-refractivity contribution < 1.29 is 40.3 Å². The van der Waals surface area contributed by atoms with Crippen LogP contribution in [-0.2, 0) is 30.2 Å². The van der Waals surface area contributed by atoms with E-state index < -0.39 is 35.2 Å². The Morgan fingerprint density at radius 2 is 1.72 bits per heavy atom. The molecule has 0 bridgehead atoms. The van der Waals surface area contributed by atoms with Crippen LogP contribution in [0.3, 0.4) is 0 Å². The molecule has 2 aromatic carbocycles. The van der Waals surface area contributed by atoms with Crippen LogP contribution in [0.5, 0.6) is 5.75 Å². The summed E-state index contributed by atoms with van der Waals surface area (Å²) < 4.78 is 82.5. The lowest BCUT2D eigenvalue weighted by atomic mass is 10.1. The molecule has 43 heavy (non-hydrogen) atoms. The van der Waals surface area contributed by atoms with Gasteiger partial charge in [0.1, 0.15) is 29.7 Å². The number of amides is 1. The maximum Gasteiger partial charge on any atom is 0.360 e. The number of thiophene rings is 1. The highest BCUT2D eigenvalue weighted by atomic mass is 35.5. The second-order valence-electron chi connectivity index (χ2n) is 9.11. The Hall–Kier alpha value is -3.39. The molecule has 1 amide bonds. The molecule has 4 rings (SSSR count). The van der Waals surface area contributed by atoms with Crippen molar-refractivity contribution in [3.63, 3.8) is 0 Å². The third kappa shape index (κ3) is 8.17. The Morgan fingerprint density at radius 1 is 1.02 bits per heavy atom. The van der Waals surface area contributed by atoms with Crippen LogP contribution in [0, 0.1) is 18.6 Å². The Bertz CT molecular complexity index is 1850. The summed E-state index contributed by atoms with van der Waals surface area (Å²) in [7, 11) is -4.96. The first-order valence-electron chi connectivity index (χ1n) is 12.2. The Balaban J connectivity index is 1.59. The lowest BCUT2D eigenvalue weighted by Crippen LogP contribution is -2.12. The molecule has 2 N–H and O–H groups in total. The largest absolute Gasteiger partial charge is 0.487 e. The lowest BCUT2D eigenvalue weighted by Gasteiger charge is -2.16. The summed E-state index contributed by atoms with van der Waals surface area (Å²) in [5.74, 6) is -1.88. The topological polar surface area (TPSA) is 133 Å². The highest BCUT2D eigenvalue weighted by Gasteiger charge is 2.26. The molecule has 2 heterocycles. The first-order chi connectivity index (χ1) is 20.2. The summed E-state index contributed by atoms with van der Waals surface area (Å²) in [6.45, 7) is 1.50. The van der Waals surface area contributed by atoms with E-state index in [1.807, 2.05) is 0 Å². The van der Waals surface area contributed by atoms with Crippen LogP contribution in [0.25, 0.3) is 11.3 Å². The molecule has 0 fully saturated rings. The summed E-state index contributed by atoms with van der Waals surface area (Å²) in [6.07, 6.45) is 1.98. The number of nitrogens with zero attached hydrogens (tertiary/aromatic N) is 1. The van der Waals surface area contributed by atoms with Gasteiger partial charge < -0.3 is 19.1 Å². The molecule has 0 aliphatic carbocycles. The molecule has 0 atom stereocenters. The summed E-state index contributed by atoms with van der Waals surface area (Å²) in [4.78, 5) is 18.2. The van der Waals surface area contributed by atoms with E-state index in [0.717, 1.165) is 42.0 Å². The molecule has 0 saturated carbocycles. The molecule has 0 aliphatic rings. The first-order valence-corrected chi connectivity index (χ1v) is 16.8. The molecule has 2 aromatic heterocycles.